The van der Waals surface area contributed by atoms with E-state index in [1.54, 1.807) is 4.68 Å². The predicted octanol–water partition coefficient (Wildman–Crippen LogP) is 1.52. The van der Waals surface area contributed by atoms with Gasteiger partial charge in [0.15, 0.2) is 0 Å². The lowest BCUT2D eigenvalue weighted by Gasteiger charge is -2.25. The lowest BCUT2D eigenvalue weighted by Crippen LogP contribution is -2.34. The van der Waals surface area contributed by atoms with Crippen LogP contribution in [0.1, 0.15) is 23.1 Å². The molecule has 2 N–H and O–H groups in total. The SMILES string of the molecule is OCCn1cc(CNC2CCc3ccccc3C2)cn1. The molecule has 3 rings (SSSR count). The molecule has 0 radical (unpaired) electrons. The fourth-order valence-electron chi connectivity index (χ4n) is 2.86. The maximum atomic E-state index is 8.88. The summed E-state index contributed by atoms with van der Waals surface area (Å²) in [5.41, 5.74) is 4.16. The summed E-state index contributed by atoms with van der Waals surface area (Å²) in [4.78, 5) is 0. The lowest BCUT2D eigenvalue weighted by molar-refractivity contribution is 0.269. The molecule has 106 valence electrons. The van der Waals surface area contributed by atoms with Crippen molar-refractivity contribution in [2.75, 3.05) is 6.61 Å². The minimum absolute atomic E-state index is 0.133. The summed E-state index contributed by atoms with van der Waals surface area (Å²) in [6.07, 6.45) is 7.35. The fraction of sp³-hybridized carbons (Fsp3) is 0.438. The number of nitrogens with one attached hydrogen (secondary N) is 1. The van der Waals surface area contributed by atoms with Gasteiger partial charge >= 0.3 is 0 Å². The van der Waals surface area contributed by atoms with E-state index in [0.29, 0.717) is 12.6 Å². The van der Waals surface area contributed by atoms with E-state index in [-0.39, 0.29) is 6.61 Å². The molecule has 1 unspecified atom stereocenters. The summed E-state index contributed by atoms with van der Waals surface area (Å²) < 4.78 is 1.78. The van der Waals surface area contributed by atoms with Gasteiger partial charge in [-0.15, -0.1) is 0 Å². The van der Waals surface area contributed by atoms with Crippen LogP contribution in [0, 0.1) is 0 Å². The van der Waals surface area contributed by atoms with E-state index in [9.17, 15) is 0 Å². The van der Waals surface area contributed by atoms with Gasteiger partial charge in [-0.2, -0.15) is 5.10 Å². The molecular formula is C16H21N3O. The van der Waals surface area contributed by atoms with Crippen LogP contribution in [0.4, 0.5) is 0 Å². The molecule has 0 spiro atoms. The third-order valence-corrected chi connectivity index (χ3v) is 3.96. The van der Waals surface area contributed by atoms with Crippen LogP contribution in [0.25, 0.3) is 0 Å². The Morgan fingerprint density at radius 3 is 3.00 bits per heavy atom. The molecule has 1 aromatic carbocycles. The maximum absolute atomic E-state index is 8.88. The highest BCUT2D eigenvalue weighted by molar-refractivity contribution is 5.30. The van der Waals surface area contributed by atoms with Gasteiger partial charge in [0, 0.05) is 24.3 Å². The number of nitrogens with zero attached hydrogens (tertiary/aromatic N) is 2. The highest BCUT2D eigenvalue weighted by Crippen LogP contribution is 2.21. The van der Waals surface area contributed by atoms with Gasteiger partial charge in [0.05, 0.1) is 19.3 Å². The number of rotatable bonds is 5. The Morgan fingerprint density at radius 2 is 2.15 bits per heavy atom. The first-order chi connectivity index (χ1) is 9.85. The molecule has 4 heteroatoms. The lowest BCUT2D eigenvalue weighted by atomic mass is 9.88. The summed E-state index contributed by atoms with van der Waals surface area (Å²) in [6, 6.07) is 9.28. The molecule has 2 aromatic rings. The van der Waals surface area contributed by atoms with Crippen molar-refractivity contribution >= 4 is 0 Å². The van der Waals surface area contributed by atoms with E-state index in [1.165, 1.54) is 23.1 Å². The second kappa shape index (κ2) is 6.20. The molecule has 1 heterocycles. The van der Waals surface area contributed by atoms with Crippen LogP contribution in [0.5, 0.6) is 0 Å². The van der Waals surface area contributed by atoms with Gasteiger partial charge < -0.3 is 10.4 Å². The van der Waals surface area contributed by atoms with Crippen molar-refractivity contribution < 1.29 is 5.11 Å². The van der Waals surface area contributed by atoms with E-state index in [2.05, 4.69) is 34.7 Å². The fourth-order valence-corrected chi connectivity index (χ4v) is 2.86. The summed E-state index contributed by atoms with van der Waals surface area (Å²) in [6.45, 7) is 1.54. The molecule has 20 heavy (non-hydrogen) atoms. The number of hydrogen-bond donors (Lipinski definition) is 2. The third kappa shape index (κ3) is 3.08. The molecule has 1 aliphatic carbocycles. The Balaban J connectivity index is 1.54. The minimum atomic E-state index is 0.133. The summed E-state index contributed by atoms with van der Waals surface area (Å²) in [7, 11) is 0. The Hall–Kier alpha value is -1.65. The number of hydrogen-bond acceptors (Lipinski definition) is 3. The van der Waals surface area contributed by atoms with E-state index in [0.717, 1.165) is 19.4 Å². The topological polar surface area (TPSA) is 50.1 Å². The third-order valence-electron chi connectivity index (χ3n) is 3.96. The normalized spacial score (nSPS) is 17.9. The van der Waals surface area contributed by atoms with Crippen LogP contribution in [-0.4, -0.2) is 27.5 Å². The number of fused-ring (bicyclic) bond motifs is 1. The Kier molecular flexibility index (Phi) is 4.14. The van der Waals surface area contributed by atoms with Gasteiger partial charge in [-0.25, -0.2) is 0 Å². The minimum Gasteiger partial charge on any atom is -0.394 e. The Labute approximate surface area is 119 Å². The molecule has 1 aliphatic rings. The van der Waals surface area contributed by atoms with Gasteiger partial charge in [0.1, 0.15) is 0 Å². The molecule has 0 amide bonds. The van der Waals surface area contributed by atoms with E-state index < -0.39 is 0 Å². The monoisotopic (exact) mass is 271 g/mol. The van der Waals surface area contributed by atoms with Crippen molar-refractivity contribution in [3.63, 3.8) is 0 Å². The molecule has 0 bridgehead atoms. The molecule has 4 nitrogen and oxygen atoms in total. The molecule has 1 atom stereocenters. The second-order valence-corrected chi connectivity index (χ2v) is 5.42. The zero-order chi connectivity index (χ0) is 13.8. The zero-order valence-electron chi connectivity index (χ0n) is 11.6. The summed E-state index contributed by atoms with van der Waals surface area (Å²) in [5.74, 6) is 0. The van der Waals surface area contributed by atoms with E-state index in [4.69, 9.17) is 5.11 Å². The van der Waals surface area contributed by atoms with Crippen molar-refractivity contribution in [2.45, 2.75) is 38.4 Å². The van der Waals surface area contributed by atoms with Crippen LogP contribution in [-0.2, 0) is 25.9 Å². The van der Waals surface area contributed by atoms with Crippen molar-refractivity contribution in [1.29, 1.82) is 0 Å². The number of aliphatic hydroxyl groups is 1. The standard InChI is InChI=1S/C16H21N3O/c20-8-7-19-12-13(11-18-19)10-17-16-6-5-14-3-1-2-4-15(14)9-16/h1-4,11-12,16-17,20H,5-10H2. The number of aliphatic hydroxyl groups excluding tert-OH is 1. The smallest absolute Gasteiger partial charge is 0.0640 e. The van der Waals surface area contributed by atoms with Crippen LogP contribution in [0.3, 0.4) is 0 Å². The van der Waals surface area contributed by atoms with E-state index in [1.807, 2.05) is 12.4 Å². The summed E-state index contributed by atoms with van der Waals surface area (Å²) >= 11 is 0. The van der Waals surface area contributed by atoms with Crippen molar-refractivity contribution in [1.82, 2.24) is 15.1 Å². The predicted molar refractivity (Wildman–Crippen MR) is 78.4 cm³/mol. The van der Waals surface area contributed by atoms with Crippen LogP contribution in [0.15, 0.2) is 36.7 Å². The number of aromatic nitrogens is 2. The molecule has 0 aliphatic heterocycles. The van der Waals surface area contributed by atoms with E-state index >= 15 is 0 Å². The van der Waals surface area contributed by atoms with Gasteiger partial charge in [-0.3, -0.25) is 4.68 Å². The molecular weight excluding hydrogens is 250 g/mol. The van der Waals surface area contributed by atoms with Crippen LogP contribution >= 0.6 is 0 Å². The van der Waals surface area contributed by atoms with Crippen LogP contribution < -0.4 is 5.32 Å². The van der Waals surface area contributed by atoms with Gasteiger partial charge in [-0.1, -0.05) is 24.3 Å². The first-order valence-corrected chi connectivity index (χ1v) is 7.27. The largest absolute Gasteiger partial charge is 0.394 e. The first kappa shape index (κ1) is 13.3. The molecule has 0 saturated heterocycles. The Morgan fingerprint density at radius 1 is 1.30 bits per heavy atom. The molecule has 0 saturated carbocycles. The average Bonchev–Trinajstić information content (AvgIpc) is 2.93. The van der Waals surface area contributed by atoms with Crippen molar-refractivity contribution in [3.8, 4) is 0 Å². The van der Waals surface area contributed by atoms with Crippen molar-refractivity contribution in [2.24, 2.45) is 0 Å². The number of benzene rings is 1. The summed E-state index contributed by atoms with van der Waals surface area (Å²) in [5, 5.41) is 16.7. The highest BCUT2D eigenvalue weighted by atomic mass is 16.3. The number of aryl methyl sites for hydroxylation is 1. The Bertz CT molecular complexity index is 564. The molecule has 0 fully saturated rings. The first-order valence-electron chi connectivity index (χ1n) is 7.27. The second-order valence-electron chi connectivity index (χ2n) is 5.42. The zero-order valence-corrected chi connectivity index (χ0v) is 11.6. The van der Waals surface area contributed by atoms with Gasteiger partial charge in [-0.05, 0) is 30.4 Å². The maximum Gasteiger partial charge on any atom is 0.0640 e. The quantitative estimate of drug-likeness (QED) is 0.867. The average molecular weight is 271 g/mol. The molecule has 1 aromatic heterocycles. The van der Waals surface area contributed by atoms with Crippen LogP contribution in [0.2, 0.25) is 0 Å². The van der Waals surface area contributed by atoms with Gasteiger partial charge in [0.2, 0.25) is 0 Å². The van der Waals surface area contributed by atoms with Gasteiger partial charge in [0.25, 0.3) is 0 Å². The van der Waals surface area contributed by atoms with Crippen molar-refractivity contribution in [3.05, 3.63) is 53.3 Å². The highest BCUT2D eigenvalue weighted by Gasteiger charge is 2.17.